The second kappa shape index (κ2) is 4.52. The largest absolute Gasteiger partial charge is 0.497 e. The van der Waals surface area contributed by atoms with Crippen LogP contribution < -0.4 is 16.0 Å². The molecular formula is C13H14N2O3. The molecule has 0 radical (unpaired) electrons. The number of hydrogen-bond donors (Lipinski definition) is 1. The summed E-state index contributed by atoms with van der Waals surface area (Å²) in [6.45, 7) is 1.60. The molecule has 0 aliphatic rings. The third-order valence-corrected chi connectivity index (χ3v) is 2.97. The van der Waals surface area contributed by atoms with Crippen LogP contribution in [0.15, 0.2) is 35.3 Å². The van der Waals surface area contributed by atoms with Crippen molar-refractivity contribution >= 4 is 16.7 Å². The van der Waals surface area contributed by atoms with Crippen LogP contribution in [-0.2, 0) is 4.79 Å². The van der Waals surface area contributed by atoms with Crippen molar-refractivity contribution < 1.29 is 9.53 Å². The number of amides is 1. The van der Waals surface area contributed by atoms with Gasteiger partial charge in [-0.15, -0.1) is 0 Å². The first-order chi connectivity index (χ1) is 8.54. The van der Waals surface area contributed by atoms with Crippen LogP contribution in [0.25, 0.3) is 10.8 Å². The molecule has 0 bridgehead atoms. The van der Waals surface area contributed by atoms with E-state index in [2.05, 4.69) is 0 Å². The SMILES string of the molecule is COc1ccc2c(=O)n(C(C)C(N)=O)ccc2c1. The number of nitrogens with two attached hydrogens (primary N) is 1. The number of nitrogens with zero attached hydrogens (tertiary/aromatic N) is 1. The van der Waals surface area contributed by atoms with Crippen LogP contribution in [0.3, 0.4) is 0 Å². The minimum absolute atomic E-state index is 0.235. The molecule has 1 unspecified atom stereocenters. The molecule has 5 heteroatoms. The third kappa shape index (κ3) is 1.95. The molecule has 1 aromatic carbocycles. The van der Waals surface area contributed by atoms with Crippen LogP contribution in [0.2, 0.25) is 0 Å². The summed E-state index contributed by atoms with van der Waals surface area (Å²) in [4.78, 5) is 23.3. The van der Waals surface area contributed by atoms with E-state index in [1.54, 1.807) is 44.5 Å². The molecule has 2 rings (SSSR count). The highest BCUT2D eigenvalue weighted by Crippen LogP contribution is 2.18. The van der Waals surface area contributed by atoms with Gasteiger partial charge in [-0.1, -0.05) is 0 Å². The van der Waals surface area contributed by atoms with Crippen LogP contribution in [0, 0.1) is 0 Å². The molecule has 1 amide bonds. The predicted molar refractivity (Wildman–Crippen MR) is 68.7 cm³/mol. The molecule has 0 fully saturated rings. The average molecular weight is 246 g/mol. The lowest BCUT2D eigenvalue weighted by atomic mass is 10.1. The van der Waals surface area contributed by atoms with Gasteiger partial charge in [0.2, 0.25) is 5.91 Å². The number of fused-ring (bicyclic) bond motifs is 1. The van der Waals surface area contributed by atoms with E-state index in [0.717, 1.165) is 5.39 Å². The first kappa shape index (κ1) is 12.2. The van der Waals surface area contributed by atoms with Crippen molar-refractivity contribution in [2.45, 2.75) is 13.0 Å². The van der Waals surface area contributed by atoms with Gasteiger partial charge >= 0.3 is 0 Å². The standard InChI is InChI=1S/C13H14N2O3/c1-8(12(14)16)15-6-5-9-7-10(18-2)3-4-11(9)13(15)17/h3-8H,1-2H3,(H2,14,16). The van der Waals surface area contributed by atoms with Gasteiger partial charge in [0, 0.05) is 11.6 Å². The maximum absolute atomic E-state index is 12.2. The summed E-state index contributed by atoms with van der Waals surface area (Å²) in [7, 11) is 1.57. The Morgan fingerprint density at radius 1 is 1.39 bits per heavy atom. The lowest BCUT2D eigenvalue weighted by molar-refractivity contribution is -0.120. The molecule has 5 nitrogen and oxygen atoms in total. The monoisotopic (exact) mass is 246 g/mol. The minimum atomic E-state index is -0.663. The first-order valence-corrected chi connectivity index (χ1v) is 5.53. The van der Waals surface area contributed by atoms with Gasteiger partial charge in [0.1, 0.15) is 11.8 Å². The molecule has 2 N–H and O–H groups in total. The number of methoxy groups -OCH3 is 1. The topological polar surface area (TPSA) is 74.3 Å². The fraction of sp³-hybridized carbons (Fsp3) is 0.231. The molecule has 2 aromatic rings. The van der Waals surface area contributed by atoms with E-state index < -0.39 is 11.9 Å². The average Bonchev–Trinajstić information content (AvgIpc) is 2.37. The summed E-state index contributed by atoms with van der Waals surface area (Å²) in [6, 6.07) is 6.27. The Bertz CT molecular complexity index is 661. The van der Waals surface area contributed by atoms with Crippen molar-refractivity contribution in [3.05, 3.63) is 40.8 Å². The number of aromatic nitrogens is 1. The number of primary amides is 1. The summed E-state index contributed by atoms with van der Waals surface area (Å²) in [5, 5.41) is 1.30. The minimum Gasteiger partial charge on any atom is -0.497 e. The molecular weight excluding hydrogens is 232 g/mol. The molecule has 0 aliphatic heterocycles. The lowest BCUT2D eigenvalue weighted by Gasteiger charge is -2.12. The van der Waals surface area contributed by atoms with Gasteiger partial charge in [-0.05, 0) is 36.6 Å². The highest BCUT2D eigenvalue weighted by atomic mass is 16.5. The number of carbonyl (C=O) groups excluding carboxylic acids is 1. The van der Waals surface area contributed by atoms with Gasteiger partial charge < -0.3 is 15.0 Å². The van der Waals surface area contributed by atoms with E-state index >= 15 is 0 Å². The summed E-state index contributed by atoms with van der Waals surface area (Å²) in [6.07, 6.45) is 1.57. The normalized spacial score (nSPS) is 12.3. The fourth-order valence-electron chi connectivity index (χ4n) is 1.81. The van der Waals surface area contributed by atoms with Gasteiger partial charge in [-0.25, -0.2) is 0 Å². The van der Waals surface area contributed by atoms with Crippen molar-refractivity contribution in [1.82, 2.24) is 4.57 Å². The van der Waals surface area contributed by atoms with Gasteiger partial charge in [0.05, 0.1) is 7.11 Å². The maximum Gasteiger partial charge on any atom is 0.259 e. The van der Waals surface area contributed by atoms with Crippen LogP contribution >= 0.6 is 0 Å². The Labute approximate surface area is 104 Å². The Morgan fingerprint density at radius 3 is 2.72 bits per heavy atom. The van der Waals surface area contributed by atoms with E-state index in [9.17, 15) is 9.59 Å². The van der Waals surface area contributed by atoms with Crippen LogP contribution in [0.1, 0.15) is 13.0 Å². The van der Waals surface area contributed by atoms with Crippen molar-refractivity contribution in [3.63, 3.8) is 0 Å². The quantitative estimate of drug-likeness (QED) is 0.879. The molecule has 18 heavy (non-hydrogen) atoms. The van der Waals surface area contributed by atoms with Crippen molar-refractivity contribution in [1.29, 1.82) is 0 Å². The number of carbonyl (C=O) groups is 1. The number of pyridine rings is 1. The van der Waals surface area contributed by atoms with E-state index in [0.29, 0.717) is 11.1 Å². The summed E-state index contributed by atoms with van der Waals surface area (Å²) < 4.78 is 6.43. The van der Waals surface area contributed by atoms with Crippen molar-refractivity contribution in [3.8, 4) is 5.75 Å². The Hall–Kier alpha value is -2.30. The maximum atomic E-state index is 12.2. The fourth-order valence-corrected chi connectivity index (χ4v) is 1.81. The van der Waals surface area contributed by atoms with Gasteiger partial charge in [-0.3, -0.25) is 9.59 Å². The van der Waals surface area contributed by atoms with Gasteiger partial charge in [0.25, 0.3) is 5.56 Å². The van der Waals surface area contributed by atoms with Crippen molar-refractivity contribution in [2.75, 3.05) is 7.11 Å². The molecule has 0 aliphatic carbocycles. The third-order valence-electron chi connectivity index (χ3n) is 2.97. The molecule has 1 aromatic heterocycles. The molecule has 0 spiro atoms. The molecule has 1 heterocycles. The van der Waals surface area contributed by atoms with Crippen LogP contribution in [-0.4, -0.2) is 17.6 Å². The summed E-state index contributed by atoms with van der Waals surface area (Å²) in [5.41, 5.74) is 4.97. The Morgan fingerprint density at radius 2 is 2.11 bits per heavy atom. The van der Waals surface area contributed by atoms with Gasteiger partial charge in [0.15, 0.2) is 0 Å². The predicted octanol–water partition coefficient (Wildman–Crippen LogP) is 1.06. The van der Waals surface area contributed by atoms with E-state index in [4.69, 9.17) is 10.5 Å². The molecule has 94 valence electrons. The van der Waals surface area contributed by atoms with Gasteiger partial charge in [-0.2, -0.15) is 0 Å². The number of ether oxygens (including phenoxy) is 1. The Kier molecular flexibility index (Phi) is 3.06. The zero-order valence-corrected chi connectivity index (χ0v) is 10.2. The van der Waals surface area contributed by atoms with E-state index in [1.807, 2.05) is 0 Å². The van der Waals surface area contributed by atoms with Crippen LogP contribution in [0.5, 0.6) is 5.75 Å². The molecule has 1 atom stereocenters. The Balaban J connectivity index is 2.65. The first-order valence-electron chi connectivity index (χ1n) is 5.53. The number of rotatable bonds is 3. The van der Waals surface area contributed by atoms with Crippen LogP contribution in [0.4, 0.5) is 0 Å². The van der Waals surface area contributed by atoms with E-state index in [1.165, 1.54) is 4.57 Å². The second-order valence-corrected chi connectivity index (χ2v) is 4.06. The smallest absolute Gasteiger partial charge is 0.259 e. The lowest BCUT2D eigenvalue weighted by Crippen LogP contribution is -2.31. The second-order valence-electron chi connectivity index (χ2n) is 4.06. The zero-order chi connectivity index (χ0) is 13.3. The summed E-state index contributed by atoms with van der Waals surface area (Å²) >= 11 is 0. The highest BCUT2D eigenvalue weighted by molar-refractivity contribution is 5.84. The summed E-state index contributed by atoms with van der Waals surface area (Å²) in [5.74, 6) is 0.146. The zero-order valence-electron chi connectivity index (χ0n) is 10.2. The molecule has 0 saturated carbocycles. The van der Waals surface area contributed by atoms with E-state index in [-0.39, 0.29) is 5.56 Å². The highest BCUT2D eigenvalue weighted by Gasteiger charge is 2.13. The van der Waals surface area contributed by atoms with Crippen molar-refractivity contribution in [2.24, 2.45) is 5.73 Å². The number of hydrogen-bond acceptors (Lipinski definition) is 3. The number of benzene rings is 1. The molecule has 0 saturated heterocycles.